The number of fused-ring (bicyclic) bond motifs is 3. The Morgan fingerprint density at radius 2 is 1.75 bits per heavy atom. The Hall–Kier alpha value is -2.04. The first-order valence-electron chi connectivity index (χ1n) is 8.74. The minimum Gasteiger partial charge on any atom is -0.496 e. The molecule has 0 heterocycles. The fourth-order valence-corrected chi connectivity index (χ4v) is 4.53. The molecule has 130 valence electrons. The van der Waals surface area contributed by atoms with E-state index in [2.05, 4.69) is 5.32 Å². The van der Waals surface area contributed by atoms with Gasteiger partial charge in [0.15, 0.2) is 0 Å². The van der Waals surface area contributed by atoms with Gasteiger partial charge in [-0.1, -0.05) is 18.2 Å². The first-order chi connectivity index (χ1) is 11.6. The number of hydrogen-bond donors (Lipinski definition) is 2. The van der Waals surface area contributed by atoms with Gasteiger partial charge in [0.25, 0.3) is 0 Å². The predicted molar refractivity (Wildman–Crippen MR) is 89.8 cm³/mol. The lowest BCUT2D eigenvalue weighted by Crippen LogP contribution is -2.51. The van der Waals surface area contributed by atoms with Gasteiger partial charge in [-0.2, -0.15) is 0 Å². The molecule has 2 N–H and O–H groups in total. The van der Waals surface area contributed by atoms with Crippen molar-refractivity contribution in [2.24, 2.45) is 23.7 Å². The van der Waals surface area contributed by atoms with E-state index in [1.54, 1.807) is 7.11 Å². The molecule has 24 heavy (non-hydrogen) atoms. The molecule has 0 aromatic heterocycles. The molecule has 3 fully saturated rings. The number of amides is 1. The fourth-order valence-electron chi connectivity index (χ4n) is 4.53. The van der Waals surface area contributed by atoms with Gasteiger partial charge >= 0.3 is 5.97 Å². The number of carbonyl (C=O) groups is 2. The normalized spacial score (nSPS) is 28.4. The summed E-state index contributed by atoms with van der Waals surface area (Å²) in [6, 6.07) is 7.74. The van der Waals surface area contributed by atoms with Crippen molar-refractivity contribution in [1.29, 1.82) is 0 Å². The molecule has 0 radical (unpaired) electrons. The van der Waals surface area contributed by atoms with Crippen LogP contribution in [0.25, 0.3) is 0 Å². The van der Waals surface area contributed by atoms with E-state index in [0.29, 0.717) is 13.0 Å². The van der Waals surface area contributed by atoms with Crippen LogP contribution in [-0.2, 0) is 16.0 Å². The maximum absolute atomic E-state index is 12.6. The van der Waals surface area contributed by atoms with Crippen LogP contribution >= 0.6 is 0 Å². The van der Waals surface area contributed by atoms with Crippen LogP contribution in [0, 0.1) is 23.7 Å². The number of carboxylic acid groups (broad SMARTS) is 1. The quantitative estimate of drug-likeness (QED) is 0.840. The zero-order chi connectivity index (χ0) is 17.1. The van der Waals surface area contributed by atoms with Crippen molar-refractivity contribution in [2.45, 2.75) is 32.1 Å². The molecule has 3 saturated carbocycles. The third-order valence-electron chi connectivity index (χ3n) is 5.69. The number of rotatable bonds is 6. The van der Waals surface area contributed by atoms with Gasteiger partial charge in [0.05, 0.1) is 18.9 Å². The van der Waals surface area contributed by atoms with Crippen molar-refractivity contribution in [3.05, 3.63) is 29.8 Å². The first kappa shape index (κ1) is 16.8. The van der Waals surface area contributed by atoms with Gasteiger partial charge in [-0.15, -0.1) is 0 Å². The first-order valence-corrected chi connectivity index (χ1v) is 8.74. The van der Waals surface area contributed by atoms with Gasteiger partial charge < -0.3 is 15.2 Å². The second kappa shape index (κ2) is 7.24. The number of hydrogen-bond acceptors (Lipinski definition) is 3. The molecular formula is C19H25NO4. The summed E-state index contributed by atoms with van der Waals surface area (Å²) >= 11 is 0. The second-order valence-corrected chi connectivity index (χ2v) is 6.92. The topological polar surface area (TPSA) is 75.6 Å². The number of carbonyl (C=O) groups excluding carboxylic acids is 1. The van der Waals surface area contributed by atoms with E-state index in [0.717, 1.165) is 37.0 Å². The summed E-state index contributed by atoms with van der Waals surface area (Å²) in [5.41, 5.74) is 1.04. The lowest BCUT2D eigenvalue weighted by atomic mass is 9.58. The molecule has 1 amide bonds. The highest BCUT2D eigenvalue weighted by molar-refractivity contribution is 5.85. The Morgan fingerprint density at radius 3 is 2.38 bits per heavy atom. The minimum absolute atomic E-state index is 0.0910. The molecule has 2 unspecified atom stereocenters. The molecule has 4 rings (SSSR count). The SMILES string of the molecule is COc1ccccc1CCNC(=O)C1C2CCC(CC2)C1C(=O)O. The Kier molecular flexibility index (Phi) is 5.07. The Labute approximate surface area is 142 Å². The van der Waals surface area contributed by atoms with E-state index in [1.165, 1.54) is 0 Å². The van der Waals surface area contributed by atoms with E-state index < -0.39 is 11.9 Å². The van der Waals surface area contributed by atoms with Crippen molar-refractivity contribution in [1.82, 2.24) is 5.32 Å². The van der Waals surface area contributed by atoms with Crippen molar-refractivity contribution >= 4 is 11.9 Å². The number of ether oxygens (including phenoxy) is 1. The average molecular weight is 331 g/mol. The van der Waals surface area contributed by atoms with Crippen LogP contribution < -0.4 is 10.1 Å². The summed E-state index contributed by atoms with van der Waals surface area (Å²) < 4.78 is 5.32. The number of carboxylic acids is 1. The van der Waals surface area contributed by atoms with Gasteiger partial charge in [-0.25, -0.2) is 0 Å². The molecule has 3 aliphatic carbocycles. The lowest BCUT2D eigenvalue weighted by Gasteiger charge is -2.45. The monoisotopic (exact) mass is 331 g/mol. The Balaban J connectivity index is 1.61. The highest BCUT2D eigenvalue weighted by Crippen LogP contribution is 2.49. The van der Waals surface area contributed by atoms with Crippen LogP contribution in [0.4, 0.5) is 0 Å². The summed E-state index contributed by atoms with van der Waals surface area (Å²) in [6.07, 6.45) is 4.55. The van der Waals surface area contributed by atoms with Crippen molar-refractivity contribution in [2.75, 3.05) is 13.7 Å². The zero-order valence-electron chi connectivity index (χ0n) is 14.0. The predicted octanol–water partition coefficient (Wildman–Crippen LogP) is 2.49. The van der Waals surface area contributed by atoms with Gasteiger partial charge in [-0.05, 0) is 55.6 Å². The van der Waals surface area contributed by atoms with Crippen LogP contribution in [0.5, 0.6) is 5.75 Å². The molecular weight excluding hydrogens is 306 g/mol. The van der Waals surface area contributed by atoms with Crippen LogP contribution in [0.3, 0.4) is 0 Å². The molecule has 1 aromatic carbocycles. The highest BCUT2D eigenvalue weighted by atomic mass is 16.5. The van der Waals surface area contributed by atoms with E-state index in [1.807, 2.05) is 24.3 Å². The third-order valence-corrected chi connectivity index (χ3v) is 5.69. The van der Waals surface area contributed by atoms with Crippen molar-refractivity contribution in [3.8, 4) is 5.75 Å². The smallest absolute Gasteiger partial charge is 0.307 e. The number of methoxy groups -OCH3 is 1. The maximum Gasteiger partial charge on any atom is 0.307 e. The van der Waals surface area contributed by atoms with Gasteiger partial charge in [0.2, 0.25) is 5.91 Å². The minimum atomic E-state index is -0.811. The summed E-state index contributed by atoms with van der Waals surface area (Å²) in [7, 11) is 1.63. The molecule has 0 spiro atoms. The van der Waals surface area contributed by atoms with Crippen LogP contribution in [0.1, 0.15) is 31.2 Å². The largest absolute Gasteiger partial charge is 0.496 e. The van der Waals surface area contributed by atoms with Crippen molar-refractivity contribution in [3.63, 3.8) is 0 Å². The van der Waals surface area contributed by atoms with Crippen LogP contribution in [0.15, 0.2) is 24.3 Å². The van der Waals surface area contributed by atoms with Crippen molar-refractivity contribution < 1.29 is 19.4 Å². The van der Waals surface area contributed by atoms with E-state index in [4.69, 9.17) is 4.74 Å². The number of nitrogens with one attached hydrogen (secondary N) is 1. The molecule has 1 aromatic rings. The average Bonchev–Trinajstić information content (AvgIpc) is 2.62. The third kappa shape index (κ3) is 3.25. The van der Waals surface area contributed by atoms with E-state index in [9.17, 15) is 14.7 Å². The van der Waals surface area contributed by atoms with Gasteiger partial charge in [0.1, 0.15) is 5.75 Å². The number of para-hydroxylation sites is 1. The summed E-state index contributed by atoms with van der Waals surface area (Å²) in [6.45, 7) is 0.499. The molecule has 2 atom stereocenters. The Bertz CT molecular complexity index is 607. The lowest BCUT2D eigenvalue weighted by molar-refractivity contribution is -0.158. The Morgan fingerprint density at radius 1 is 1.12 bits per heavy atom. The zero-order valence-corrected chi connectivity index (χ0v) is 14.0. The molecule has 5 nitrogen and oxygen atoms in total. The molecule has 2 bridgehead atoms. The van der Waals surface area contributed by atoms with Gasteiger partial charge in [0, 0.05) is 6.54 Å². The molecule has 0 saturated heterocycles. The summed E-state index contributed by atoms with van der Waals surface area (Å²) in [5.74, 6) is -0.580. The molecule has 0 aliphatic heterocycles. The van der Waals surface area contributed by atoms with Crippen LogP contribution in [0.2, 0.25) is 0 Å². The van der Waals surface area contributed by atoms with E-state index >= 15 is 0 Å². The number of benzene rings is 1. The maximum atomic E-state index is 12.6. The standard InChI is InChI=1S/C19H25NO4/c1-24-15-5-3-2-4-12(15)10-11-20-18(21)16-13-6-8-14(9-7-13)17(16)19(22)23/h2-5,13-14,16-17H,6-11H2,1H3,(H,20,21)(H,22,23). The summed E-state index contributed by atoms with van der Waals surface area (Å²) in [4.78, 5) is 24.3. The van der Waals surface area contributed by atoms with Crippen LogP contribution in [-0.4, -0.2) is 30.6 Å². The number of aliphatic carboxylic acids is 1. The van der Waals surface area contributed by atoms with Gasteiger partial charge in [-0.3, -0.25) is 9.59 Å². The molecule has 3 aliphatic rings. The summed E-state index contributed by atoms with van der Waals surface area (Å²) in [5, 5.41) is 12.5. The molecule has 5 heteroatoms. The fraction of sp³-hybridized carbons (Fsp3) is 0.579. The van der Waals surface area contributed by atoms with E-state index in [-0.39, 0.29) is 23.7 Å². The second-order valence-electron chi connectivity index (χ2n) is 6.92. The highest BCUT2D eigenvalue weighted by Gasteiger charge is 2.50.